The van der Waals surface area contributed by atoms with E-state index in [1.807, 2.05) is 0 Å². The Morgan fingerprint density at radius 3 is 2.82 bits per heavy atom. The van der Waals surface area contributed by atoms with Gasteiger partial charge in [-0.15, -0.1) is 0 Å². The van der Waals surface area contributed by atoms with Crippen molar-refractivity contribution in [3.05, 3.63) is 32.8 Å². The Morgan fingerprint density at radius 1 is 1.41 bits per heavy atom. The fourth-order valence-electron chi connectivity index (χ4n) is 2.69. The largest absolute Gasteiger partial charge is 0.507 e. The van der Waals surface area contributed by atoms with E-state index in [0.717, 1.165) is 4.57 Å². The molecule has 1 fully saturated rings. The van der Waals surface area contributed by atoms with Crippen molar-refractivity contribution in [1.29, 1.82) is 0 Å². The van der Waals surface area contributed by atoms with Crippen LogP contribution >= 0.6 is 15.9 Å². The molecule has 1 aromatic carbocycles. The number of carbonyl (C=O) groups excluding carboxylic acids is 2. The van der Waals surface area contributed by atoms with E-state index in [-0.39, 0.29) is 47.5 Å². The molecule has 7 heteroatoms. The third-order valence-electron chi connectivity index (χ3n) is 3.67. The van der Waals surface area contributed by atoms with Crippen molar-refractivity contribution in [2.75, 3.05) is 0 Å². The molecule has 1 saturated carbocycles. The first-order chi connectivity index (χ1) is 10.7. The highest BCUT2D eigenvalue weighted by atomic mass is 79.9. The van der Waals surface area contributed by atoms with Crippen LogP contribution in [0.2, 0.25) is 0 Å². The number of Topliss-reactive ketones (excluding diaryl/α,β-unsaturated/α-hetero) is 2. The number of carbonyl (C=O) groups is 2. The number of halogens is 1. The van der Waals surface area contributed by atoms with Crippen LogP contribution in [0.4, 0.5) is 0 Å². The minimum Gasteiger partial charge on any atom is -0.507 e. The van der Waals surface area contributed by atoms with Gasteiger partial charge < -0.3 is 5.11 Å². The Bertz CT molecular complexity index is 924. The summed E-state index contributed by atoms with van der Waals surface area (Å²) in [7, 11) is 0. The molecule has 2 aromatic rings. The van der Waals surface area contributed by atoms with Gasteiger partial charge in [-0.25, -0.2) is 4.98 Å². The average molecular weight is 366 g/mol. The Labute approximate surface area is 135 Å². The second-order valence-corrected chi connectivity index (χ2v) is 6.12. The molecule has 0 bridgehead atoms. The van der Waals surface area contributed by atoms with Crippen molar-refractivity contribution in [1.82, 2.24) is 9.55 Å². The van der Waals surface area contributed by atoms with Crippen LogP contribution in [0, 0.1) is 6.92 Å². The van der Waals surface area contributed by atoms with E-state index in [4.69, 9.17) is 1.37 Å². The molecular formula is C15H13BrN2O4. The summed E-state index contributed by atoms with van der Waals surface area (Å²) in [5.41, 5.74) is -0.381. The zero-order chi connectivity index (χ0) is 16.9. The summed E-state index contributed by atoms with van der Waals surface area (Å²) in [5, 5.41) is 10.0. The maximum Gasteiger partial charge on any atom is 0.265 e. The van der Waals surface area contributed by atoms with Gasteiger partial charge in [0.25, 0.3) is 5.56 Å². The molecule has 0 spiro atoms. The molecule has 1 aromatic heterocycles. The van der Waals surface area contributed by atoms with Gasteiger partial charge in [0, 0.05) is 10.9 Å². The number of hydrogen-bond acceptors (Lipinski definition) is 5. The van der Waals surface area contributed by atoms with Crippen molar-refractivity contribution in [2.24, 2.45) is 0 Å². The number of benzene rings is 1. The Kier molecular flexibility index (Phi) is 3.29. The second-order valence-electron chi connectivity index (χ2n) is 5.20. The molecule has 1 aliphatic carbocycles. The van der Waals surface area contributed by atoms with Gasteiger partial charge in [-0.2, -0.15) is 0 Å². The lowest BCUT2D eigenvalue weighted by Gasteiger charge is -2.24. The monoisotopic (exact) mass is 365 g/mol. The molecule has 0 unspecified atom stereocenters. The summed E-state index contributed by atoms with van der Waals surface area (Å²) in [6.07, 6.45) is -0.374. The molecular weight excluding hydrogens is 352 g/mol. The molecule has 22 heavy (non-hydrogen) atoms. The third-order valence-corrected chi connectivity index (χ3v) is 4.13. The van der Waals surface area contributed by atoms with Crippen LogP contribution in [0.3, 0.4) is 0 Å². The first kappa shape index (κ1) is 13.6. The smallest absolute Gasteiger partial charge is 0.265 e. The van der Waals surface area contributed by atoms with Crippen LogP contribution < -0.4 is 5.56 Å². The maximum absolute atomic E-state index is 12.8. The number of hydrogen-bond donors (Lipinski definition) is 1. The number of phenols is 1. The number of aryl methyl sites for hydroxylation is 1. The summed E-state index contributed by atoms with van der Waals surface area (Å²) in [6.45, 7) is 1.53. The second kappa shape index (κ2) is 5.31. The van der Waals surface area contributed by atoms with E-state index >= 15 is 0 Å². The Hall–Kier alpha value is -2.02. The molecule has 0 saturated heterocycles. The molecule has 1 N–H and O–H groups in total. The lowest BCUT2D eigenvalue weighted by Crippen LogP contribution is -2.36. The topological polar surface area (TPSA) is 89.3 Å². The first-order valence-corrected chi connectivity index (χ1v) is 7.50. The van der Waals surface area contributed by atoms with Gasteiger partial charge in [-0.3, -0.25) is 19.0 Å². The predicted molar refractivity (Wildman–Crippen MR) is 83.0 cm³/mol. The Morgan fingerprint density at radius 2 is 2.14 bits per heavy atom. The van der Waals surface area contributed by atoms with E-state index in [1.165, 1.54) is 13.0 Å². The molecule has 1 heterocycles. The van der Waals surface area contributed by atoms with Gasteiger partial charge in [0.2, 0.25) is 0 Å². The summed E-state index contributed by atoms with van der Waals surface area (Å²) in [5.74, 6) is -0.943. The molecule has 0 amide bonds. The van der Waals surface area contributed by atoms with E-state index in [0.29, 0.717) is 4.47 Å². The van der Waals surface area contributed by atoms with Gasteiger partial charge in [0.05, 0.1) is 19.3 Å². The predicted octanol–water partition coefficient (Wildman–Crippen LogP) is 2.04. The van der Waals surface area contributed by atoms with Crippen LogP contribution in [-0.4, -0.2) is 26.2 Å². The van der Waals surface area contributed by atoms with Crippen molar-refractivity contribution in [2.45, 2.75) is 32.2 Å². The number of ketones is 2. The highest BCUT2D eigenvalue weighted by Crippen LogP contribution is 2.28. The number of rotatable bonds is 1. The minimum absolute atomic E-state index is 0.0462. The van der Waals surface area contributed by atoms with Crippen molar-refractivity contribution >= 4 is 38.4 Å². The first-order valence-electron chi connectivity index (χ1n) is 7.21. The molecule has 0 radical (unpaired) electrons. The van der Waals surface area contributed by atoms with Crippen LogP contribution in [-0.2, 0) is 9.59 Å². The lowest BCUT2D eigenvalue weighted by atomic mass is 9.92. The summed E-state index contributed by atoms with van der Waals surface area (Å²) in [4.78, 5) is 40.7. The van der Waals surface area contributed by atoms with Gasteiger partial charge in [-0.1, -0.05) is 15.9 Å². The zero-order valence-electron chi connectivity index (χ0n) is 12.7. The van der Waals surface area contributed by atoms with Crippen LogP contribution in [0.25, 0.3) is 10.9 Å². The standard InChI is InChI=1S/C15H13BrN2O4/c1-7-17-10-4-8(16)5-13(21)14(10)15(22)18(7)11-3-2-9(19)6-12(11)20/h4-5,11,21H,2-3,6H2,1H3/t11-/m0/s1/i11D. The molecule has 1 atom stereocenters. The van der Waals surface area contributed by atoms with Crippen molar-refractivity contribution < 1.29 is 16.1 Å². The number of nitrogens with zero attached hydrogens (tertiary/aromatic N) is 2. The number of aromatic nitrogens is 2. The average Bonchev–Trinajstić information content (AvgIpc) is 2.42. The normalized spacial score (nSPS) is 22.9. The lowest BCUT2D eigenvalue weighted by molar-refractivity contribution is -0.132. The van der Waals surface area contributed by atoms with E-state index < -0.39 is 17.4 Å². The zero-order valence-corrected chi connectivity index (χ0v) is 13.3. The van der Waals surface area contributed by atoms with Crippen LogP contribution in [0.15, 0.2) is 21.4 Å². The third kappa shape index (κ3) is 2.35. The van der Waals surface area contributed by atoms with E-state index in [2.05, 4.69) is 20.9 Å². The molecule has 0 aliphatic heterocycles. The van der Waals surface area contributed by atoms with Gasteiger partial charge in [-0.05, 0) is 25.5 Å². The van der Waals surface area contributed by atoms with E-state index in [1.54, 1.807) is 6.07 Å². The summed E-state index contributed by atoms with van der Waals surface area (Å²) >= 11 is 3.22. The number of fused-ring (bicyclic) bond motifs is 1. The molecule has 114 valence electrons. The SMILES string of the molecule is [2H][C@]1(n2c(C)nc3cc(Br)cc(O)c3c2=O)CCC(=O)CC1=O. The van der Waals surface area contributed by atoms with Crippen molar-refractivity contribution in [3.63, 3.8) is 0 Å². The Balaban J connectivity index is 2.33. The summed E-state index contributed by atoms with van der Waals surface area (Å²) in [6, 6.07) is 1.07. The van der Waals surface area contributed by atoms with Gasteiger partial charge in [0.15, 0.2) is 5.78 Å². The molecule has 1 aliphatic rings. The highest BCUT2D eigenvalue weighted by molar-refractivity contribution is 9.10. The quantitative estimate of drug-likeness (QED) is 0.781. The number of aromatic hydroxyl groups is 1. The van der Waals surface area contributed by atoms with Crippen molar-refractivity contribution in [3.8, 4) is 5.75 Å². The van der Waals surface area contributed by atoms with Crippen LogP contribution in [0.5, 0.6) is 5.75 Å². The summed E-state index contributed by atoms with van der Waals surface area (Å²) < 4.78 is 10.0. The molecule has 6 nitrogen and oxygen atoms in total. The minimum atomic E-state index is -1.87. The van der Waals surface area contributed by atoms with Gasteiger partial charge >= 0.3 is 0 Å². The fourth-order valence-corrected chi connectivity index (χ4v) is 3.12. The maximum atomic E-state index is 12.8. The number of phenolic OH excluding ortho intramolecular Hbond substituents is 1. The van der Waals surface area contributed by atoms with Gasteiger partial charge in [0.1, 0.15) is 22.7 Å². The fraction of sp³-hybridized carbons (Fsp3) is 0.333. The highest BCUT2D eigenvalue weighted by Gasteiger charge is 2.31. The van der Waals surface area contributed by atoms with Crippen LogP contribution in [0.1, 0.15) is 32.5 Å². The van der Waals surface area contributed by atoms with E-state index in [9.17, 15) is 19.5 Å². The molecule has 3 rings (SSSR count).